The number of hydrogen-bond donors (Lipinski definition) is 3. The molecule has 4 N–H and O–H groups in total. The zero-order valence-electron chi connectivity index (χ0n) is 12.3. The lowest BCUT2D eigenvalue weighted by Crippen LogP contribution is -2.41. The van der Waals surface area contributed by atoms with Crippen LogP contribution in [0.1, 0.15) is 31.2 Å². The van der Waals surface area contributed by atoms with E-state index in [2.05, 4.69) is 5.32 Å². The van der Waals surface area contributed by atoms with E-state index in [9.17, 15) is 9.59 Å². The van der Waals surface area contributed by atoms with Crippen molar-refractivity contribution >= 4 is 17.6 Å². The third-order valence-electron chi connectivity index (χ3n) is 3.24. The second-order valence-electron chi connectivity index (χ2n) is 5.01. The van der Waals surface area contributed by atoms with E-state index in [1.807, 2.05) is 19.1 Å². The van der Waals surface area contributed by atoms with Crippen LogP contribution < -0.4 is 11.1 Å². The summed E-state index contributed by atoms with van der Waals surface area (Å²) in [6, 6.07) is 6.38. The average Bonchev–Trinajstić information content (AvgIpc) is 2.43. The summed E-state index contributed by atoms with van der Waals surface area (Å²) in [6.45, 7) is 2.20. The molecule has 0 aromatic heterocycles. The van der Waals surface area contributed by atoms with Gasteiger partial charge < -0.3 is 20.9 Å². The van der Waals surface area contributed by atoms with Gasteiger partial charge in [-0.05, 0) is 23.6 Å². The van der Waals surface area contributed by atoms with Gasteiger partial charge in [0.2, 0.25) is 5.91 Å². The Balaban J connectivity index is 2.54. The van der Waals surface area contributed by atoms with Crippen molar-refractivity contribution in [3.63, 3.8) is 0 Å². The van der Waals surface area contributed by atoms with Gasteiger partial charge in [0.25, 0.3) is 0 Å². The predicted molar refractivity (Wildman–Crippen MR) is 79.9 cm³/mol. The van der Waals surface area contributed by atoms with Gasteiger partial charge in [-0.2, -0.15) is 0 Å². The maximum absolute atomic E-state index is 11.9. The highest BCUT2D eigenvalue weighted by atomic mass is 16.5. The molecule has 21 heavy (non-hydrogen) atoms. The lowest BCUT2D eigenvalue weighted by molar-refractivity contribution is -0.142. The second kappa shape index (κ2) is 8.26. The summed E-state index contributed by atoms with van der Waals surface area (Å²) in [4.78, 5) is 23.0. The molecule has 0 aliphatic heterocycles. The van der Waals surface area contributed by atoms with E-state index in [0.29, 0.717) is 5.69 Å². The number of carboxylic acids is 1. The molecule has 1 aromatic carbocycles. The number of benzene rings is 1. The summed E-state index contributed by atoms with van der Waals surface area (Å²) < 4.78 is 4.84. The molecule has 116 valence electrons. The zero-order chi connectivity index (χ0) is 15.8. The number of rotatable bonds is 8. The van der Waals surface area contributed by atoms with Crippen LogP contribution in [-0.2, 0) is 14.3 Å². The molecule has 0 aliphatic rings. The van der Waals surface area contributed by atoms with Crippen LogP contribution in [-0.4, -0.2) is 36.7 Å². The normalized spacial score (nSPS) is 13.4. The average molecular weight is 294 g/mol. The first-order valence-corrected chi connectivity index (χ1v) is 6.80. The molecule has 0 saturated heterocycles. The zero-order valence-corrected chi connectivity index (χ0v) is 12.3. The Morgan fingerprint density at radius 2 is 1.95 bits per heavy atom. The van der Waals surface area contributed by atoms with E-state index >= 15 is 0 Å². The molecule has 0 aliphatic carbocycles. The minimum atomic E-state index is -1.06. The Kier molecular flexibility index (Phi) is 6.68. The SMILES string of the molecule is COCCC(NC(=O)CC(C)c1ccc(N)cc1)C(=O)O. The number of carbonyl (C=O) groups is 2. The number of carbonyl (C=O) groups excluding carboxylic acids is 1. The van der Waals surface area contributed by atoms with Crippen LogP contribution in [0.4, 0.5) is 5.69 Å². The molecule has 1 rings (SSSR count). The highest BCUT2D eigenvalue weighted by Crippen LogP contribution is 2.20. The van der Waals surface area contributed by atoms with Gasteiger partial charge in [0.05, 0.1) is 0 Å². The molecular formula is C15H22N2O4. The molecule has 1 amide bonds. The number of hydrogen-bond acceptors (Lipinski definition) is 4. The number of amides is 1. The molecular weight excluding hydrogens is 272 g/mol. The fraction of sp³-hybridized carbons (Fsp3) is 0.467. The second-order valence-corrected chi connectivity index (χ2v) is 5.01. The summed E-state index contributed by atoms with van der Waals surface area (Å²) in [5, 5.41) is 11.6. The molecule has 0 radical (unpaired) electrons. The van der Waals surface area contributed by atoms with Crippen LogP contribution in [0.5, 0.6) is 0 Å². The highest BCUT2D eigenvalue weighted by molar-refractivity contribution is 5.83. The summed E-state index contributed by atoms with van der Waals surface area (Å²) >= 11 is 0. The van der Waals surface area contributed by atoms with Crippen molar-refractivity contribution in [2.24, 2.45) is 0 Å². The molecule has 0 heterocycles. The molecule has 0 spiro atoms. The van der Waals surface area contributed by atoms with Gasteiger partial charge in [-0.3, -0.25) is 4.79 Å². The van der Waals surface area contributed by atoms with Crippen molar-refractivity contribution < 1.29 is 19.4 Å². The van der Waals surface area contributed by atoms with Crippen molar-refractivity contribution in [1.29, 1.82) is 0 Å². The number of nitrogens with two attached hydrogens (primary N) is 1. The summed E-state index contributed by atoms with van der Waals surface area (Å²) in [7, 11) is 1.49. The third kappa shape index (κ3) is 5.83. The van der Waals surface area contributed by atoms with E-state index in [1.165, 1.54) is 7.11 Å². The van der Waals surface area contributed by atoms with Crippen LogP contribution in [0.2, 0.25) is 0 Å². The van der Waals surface area contributed by atoms with Crippen LogP contribution in [0.3, 0.4) is 0 Å². The fourth-order valence-corrected chi connectivity index (χ4v) is 1.97. The number of carboxylic acid groups (broad SMARTS) is 1. The summed E-state index contributed by atoms with van der Waals surface area (Å²) in [5.74, 6) is -1.36. The molecule has 0 fully saturated rings. The fourth-order valence-electron chi connectivity index (χ4n) is 1.97. The van der Waals surface area contributed by atoms with E-state index in [0.717, 1.165) is 5.56 Å². The van der Waals surface area contributed by atoms with Crippen molar-refractivity contribution in [1.82, 2.24) is 5.32 Å². The molecule has 0 saturated carbocycles. The molecule has 6 nitrogen and oxygen atoms in total. The topological polar surface area (TPSA) is 102 Å². The van der Waals surface area contributed by atoms with Gasteiger partial charge in [0.15, 0.2) is 0 Å². The monoisotopic (exact) mass is 294 g/mol. The number of nitrogens with one attached hydrogen (secondary N) is 1. The van der Waals surface area contributed by atoms with Gasteiger partial charge in [-0.15, -0.1) is 0 Å². The molecule has 2 atom stereocenters. The maximum Gasteiger partial charge on any atom is 0.326 e. The van der Waals surface area contributed by atoms with Gasteiger partial charge in [0.1, 0.15) is 6.04 Å². The third-order valence-corrected chi connectivity index (χ3v) is 3.24. The van der Waals surface area contributed by atoms with Gasteiger partial charge in [-0.1, -0.05) is 19.1 Å². The largest absolute Gasteiger partial charge is 0.480 e. The Labute approximate surface area is 124 Å². The van der Waals surface area contributed by atoms with E-state index in [-0.39, 0.29) is 31.3 Å². The lowest BCUT2D eigenvalue weighted by Gasteiger charge is -2.16. The van der Waals surface area contributed by atoms with Crippen molar-refractivity contribution in [2.45, 2.75) is 31.7 Å². The van der Waals surface area contributed by atoms with Crippen LogP contribution in [0.25, 0.3) is 0 Å². The number of aliphatic carboxylic acids is 1. The minimum Gasteiger partial charge on any atom is -0.480 e. The van der Waals surface area contributed by atoms with E-state index in [1.54, 1.807) is 12.1 Å². The smallest absolute Gasteiger partial charge is 0.326 e. The number of methoxy groups -OCH3 is 1. The first-order chi connectivity index (χ1) is 9.93. The highest BCUT2D eigenvalue weighted by Gasteiger charge is 2.20. The quantitative estimate of drug-likeness (QED) is 0.628. The Hall–Kier alpha value is -2.08. The molecule has 0 bridgehead atoms. The van der Waals surface area contributed by atoms with E-state index in [4.69, 9.17) is 15.6 Å². The first-order valence-electron chi connectivity index (χ1n) is 6.80. The van der Waals surface area contributed by atoms with Crippen molar-refractivity contribution in [3.05, 3.63) is 29.8 Å². The van der Waals surface area contributed by atoms with Gasteiger partial charge >= 0.3 is 5.97 Å². The molecule has 6 heteroatoms. The first kappa shape index (κ1) is 17.0. The van der Waals surface area contributed by atoms with Gasteiger partial charge in [0, 0.05) is 32.2 Å². The Bertz CT molecular complexity index is 473. The lowest BCUT2D eigenvalue weighted by atomic mass is 9.97. The van der Waals surface area contributed by atoms with E-state index < -0.39 is 12.0 Å². The number of nitrogen functional groups attached to an aromatic ring is 1. The Morgan fingerprint density at radius 1 is 1.33 bits per heavy atom. The van der Waals surface area contributed by atoms with Gasteiger partial charge in [-0.25, -0.2) is 4.79 Å². The van der Waals surface area contributed by atoms with Crippen molar-refractivity contribution in [3.8, 4) is 0 Å². The summed E-state index contributed by atoms with van der Waals surface area (Å²) in [5.41, 5.74) is 7.27. The van der Waals surface area contributed by atoms with Crippen LogP contribution in [0, 0.1) is 0 Å². The molecule has 1 aromatic rings. The Morgan fingerprint density at radius 3 is 2.48 bits per heavy atom. The molecule has 2 unspecified atom stereocenters. The van der Waals surface area contributed by atoms with Crippen LogP contribution in [0.15, 0.2) is 24.3 Å². The minimum absolute atomic E-state index is 0.0116. The maximum atomic E-state index is 11.9. The number of anilines is 1. The summed E-state index contributed by atoms with van der Waals surface area (Å²) in [6.07, 6.45) is 0.467. The predicted octanol–water partition coefficient (Wildman–Crippen LogP) is 1.37. The van der Waals surface area contributed by atoms with Crippen LogP contribution >= 0.6 is 0 Å². The van der Waals surface area contributed by atoms with Crippen molar-refractivity contribution in [2.75, 3.05) is 19.5 Å². The standard InChI is InChI=1S/C15H22N2O4/c1-10(11-3-5-12(16)6-4-11)9-14(18)17-13(15(19)20)7-8-21-2/h3-6,10,13H,7-9,16H2,1-2H3,(H,17,18)(H,19,20). The number of ether oxygens (including phenoxy) is 1.